The first kappa shape index (κ1) is 15.9. The fourth-order valence-corrected chi connectivity index (χ4v) is 1.95. The third-order valence-corrected chi connectivity index (χ3v) is 2.93. The molecule has 0 aliphatic rings. The molecule has 0 bridgehead atoms. The van der Waals surface area contributed by atoms with Gasteiger partial charge in [0.05, 0.1) is 21.3 Å². The second-order valence-electron chi connectivity index (χ2n) is 3.99. The summed E-state index contributed by atoms with van der Waals surface area (Å²) in [4.78, 5) is 4.06. The second kappa shape index (κ2) is 8.14. The van der Waals surface area contributed by atoms with Crippen molar-refractivity contribution in [2.45, 2.75) is 6.42 Å². The second-order valence-corrected chi connectivity index (χ2v) is 3.99. The SMILES string of the molecule is CN=C(NC)NCCc1ccc(OC)c(OC)c1OC. The summed E-state index contributed by atoms with van der Waals surface area (Å²) in [7, 11) is 8.39. The Hall–Kier alpha value is -2.11. The predicted molar refractivity (Wildman–Crippen MR) is 80.2 cm³/mol. The molecule has 0 atom stereocenters. The number of aliphatic imine (C=N–C) groups is 1. The quantitative estimate of drug-likeness (QED) is 0.603. The minimum atomic E-state index is 0.616. The summed E-state index contributed by atoms with van der Waals surface area (Å²) in [5.41, 5.74) is 1.05. The highest BCUT2D eigenvalue weighted by Gasteiger charge is 2.15. The number of hydrogen-bond donors (Lipinski definition) is 2. The van der Waals surface area contributed by atoms with E-state index >= 15 is 0 Å². The van der Waals surface area contributed by atoms with Gasteiger partial charge in [0.1, 0.15) is 0 Å². The summed E-state index contributed by atoms with van der Waals surface area (Å²) in [6.07, 6.45) is 0.782. The van der Waals surface area contributed by atoms with Crippen LogP contribution in [-0.4, -0.2) is 47.9 Å². The number of hydrogen-bond acceptors (Lipinski definition) is 4. The van der Waals surface area contributed by atoms with E-state index in [-0.39, 0.29) is 0 Å². The molecule has 0 aliphatic carbocycles. The molecule has 0 heterocycles. The van der Waals surface area contributed by atoms with Crippen LogP contribution in [-0.2, 0) is 6.42 Å². The van der Waals surface area contributed by atoms with Gasteiger partial charge in [-0.05, 0) is 12.5 Å². The van der Waals surface area contributed by atoms with E-state index in [0.717, 1.165) is 24.5 Å². The first-order chi connectivity index (χ1) is 9.71. The lowest BCUT2D eigenvalue weighted by molar-refractivity contribution is 0.322. The van der Waals surface area contributed by atoms with Gasteiger partial charge in [0.2, 0.25) is 5.75 Å². The van der Waals surface area contributed by atoms with Crippen molar-refractivity contribution in [3.63, 3.8) is 0 Å². The van der Waals surface area contributed by atoms with Gasteiger partial charge in [0, 0.05) is 26.2 Å². The molecule has 0 radical (unpaired) electrons. The van der Waals surface area contributed by atoms with Crippen molar-refractivity contribution in [2.24, 2.45) is 4.99 Å². The average molecular weight is 281 g/mol. The summed E-state index contributed by atoms with van der Waals surface area (Å²) in [6, 6.07) is 3.85. The van der Waals surface area contributed by atoms with E-state index in [2.05, 4.69) is 15.6 Å². The van der Waals surface area contributed by atoms with Crippen LogP contribution in [0.3, 0.4) is 0 Å². The third kappa shape index (κ3) is 3.69. The smallest absolute Gasteiger partial charge is 0.203 e. The number of ether oxygens (including phenoxy) is 3. The predicted octanol–water partition coefficient (Wildman–Crippen LogP) is 1.05. The van der Waals surface area contributed by atoms with Crippen LogP contribution in [0.25, 0.3) is 0 Å². The third-order valence-electron chi connectivity index (χ3n) is 2.93. The molecule has 2 N–H and O–H groups in total. The Balaban J connectivity index is 2.85. The molecular formula is C14H23N3O3. The maximum atomic E-state index is 5.44. The summed E-state index contributed by atoms with van der Waals surface area (Å²) < 4.78 is 16.1. The van der Waals surface area contributed by atoms with Gasteiger partial charge in [-0.25, -0.2) is 0 Å². The van der Waals surface area contributed by atoms with Crippen molar-refractivity contribution in [1.29, 1.82) is 0 Å². The molecule has 112 valence electrons. The van der Waals surface area contributed by atoms with Crippen LogP contribution in [0.15, 0.2) is 17.1 Å². The number of nitrogens with one attached hydrogen (secondary N) is 2. The maximum Gasteiger partial charge on any atom is 0.203 e. The minimum absolute atomic E-state index is 0.616. The number of guanidine groups is 1. The molecule has 0 saturated heterocycles. The molecule has 0 unspecified atom stereocenters. The van der Waals surface area contributed by atoms with Crippen molar-refractivity contribution in [1.82, 2.24) is 10.6 Å². The highest BCUT2D eigenvalue weighted by atomic mass is 16.5. The zero-order valence-electron chi connectivity index (χ0n) is 12.7. The van der Waals surface area contributed by atoms with Crippen LogP contribution in [0.1, 0.15) is 5.56 Å². The lowest BCUT2D eigenvalue weighted by atomic mass is 10.1. The highest BCUT2D eigenvalue weighted by molar-refractivity contribution is 5.79. The Labute approximate surface area is 120 Å². The first-order valence-electron chi connectivity index (χ1n) is 6.38. The van der Waals surface area contributed by atoms with Crippen LogP contribution < -0.4 is 24.8 Å². The van der Waals surface area contributed by atoms with Gasteiger partial charge in [-0.2, -0.15) is 0 Å². The molecular weight excluding hydrogens is 258 g/mol. The highest BCUT2D eigenvalue weighted by Crippen LogP contribution is 2.39. The molecule has 6 nitrogen and oxygen atoms in total. The minimum Gasteiger partial charge on any atom is -0.493 e. The zero-order chi connectivity index (χ0) is 15.0. The molecule has 1 rings (SSSR count). The Morgan fingerprint density at radius 2 is 1.80 bits per heavy atom. The van der Waals surface area contributed by atoms with Crippen LogP contribution in [0.4, 0.5) is 0 Å². The largest absolute Gasteiger partial charge is 0.493 e. The monoisotopic (exact) mass is 281 g/mol. The van der Waals surface area contributed by atoms with Crippen molar-refractivity contribution < 1.29 is 14.2 Å². The average Bonchev–Trinajstić information content (AvgIpc) is 2.50. The number of rotatable bonds is 6. The molecule has 6 heteroatoms. The van der Waals surface area contributed by atoms with Gasteiger partial charge in [0.25, 0.3) is 0 Å². The fraction of sp³-hybridized carbons (Fsp3) is 0.500. The van der Waals surface area contributed by atoms with Crippen LogP contribution in [0, 0.1) is 0 Å². The van der Waals surface area contributed by atoms with Crippen LogP contribution >= 0.6 is 0 Å². The zero-order valence-corrected chi connectivity index (χ0v) is 12.7. The Bertz CT molecular complexity index is 461. The Morgan fingerprint density at radius 3 is 2.30 bits per heavy atom. The first-order valence-corrected chi connectivity index (χ1v) is 6.38. The summed E-state index contributed by atoms with van der Waals surface area (Å²) in [5.74, 6) is 2.73. The Kier molecular flexibility index (Phi) is 6.49. The van der Waals surface area contributed by atoms with E-state index in [1.165, 1.54) is 0 Å². The van der Waals surface area contributed by atoms with Crippen LogP contribution in [0.5, 0.6) is 17.2 Å². The van der Waals surface area contributed by atoms with E-state index in [9.17, 15) is 0 Å². The molecule has 0 aromatic heterocycles. The number of nitrogens with zero attached hydrogens (tertiary/aromatic N) is 1. The van der Waals surface area contributed by atoms with Crippen molar-refractivity contribution in [3.05, 3.63) is 17.7 Å². The van der Waals surface area contributed by atoms with E-state index in [0.29, 0.717) is 17.2 Å². The van der Waals surface area contributed by atoms with Crippen molar-refractivity contribution >= 4 is 5.96 Å². The molecule has 0 saturated carbocycles. The standard InChI is InChI=1S/C14H23N3O3/c1-15-14(16-2)17-9-8-10-6-7-11(18-3)13(20-5)12(10)19-4/h6-7H,8-9H2,1-5H3,(H2,15,16,17). The van der Waals surface area contributed by atoms with Gasteiger partial charge < -0.3 is 24.8 Å². The van der Waals surface area contributed by atoms with E-state index < -0.39 is 0 Å². The van der Waals surface area contributed by atoms with Gasteiger partial charge in [-0.1, -0.05) is 6.07 Å². The summed E-state index contributed by atoms with van der Waals surface area (Å²) >= 11 is 0. The van der Waals surface area contributed by atoms with Gasteiger partial charge >= 0.3 is 0 Å². The number of methoxy groups -OCH3 is 3. The molecule has 0 amide bonds. The maximum absolute atomic E-state index is 5.44. The molecule has 1 aromatic carbocycles. The van der Waals surface area contributed by atoms with E-state index in [1.54, 1.807) is 28.4 Å². The molecule has 0 aliphatic heterocycles. The van der Waals surface area contributed by atoms with Gasteiger partial charge in [0.15, 0.2) is 17.5 Å². The van der Waals surface area contributed by atoms with E-state index in [4.69, 9.17) is 14.2 Å². The van der Waals surface area contributed by atoms with E-state index in [1.807, 2.05) is 19.2 Å². The molecule has 20 heavy (non-hydrogen) atoms. The fourth-order valence-electron chi connectivity index (χ4n) is 1.95. The Morgan fingerprint density at radius 1 is 1.10 bits per heavy atom. The lowest BCUT2D eigenvalue weighted by Crippen LogP contribution is -2.35. The molecule has 0 spiro atoms. The molecule has 0 fully saturated rings. The summed E-state index contributed by atoms with van der Waals surface area (Å²) in [5, 5.41) is 6.17. The number of benzene rings is 1. The topological polar surface area (TPSA) is 64.1 Å². The van der Waals surface area contributed by atoms with Gasteiger partial charge in [-0.3, -0.25) is 4.99 Å². The van der Waals surface area contributed by atoms with Crippen LogP contribution in [0.2, 0.25) is 0 Å². The molecule has 1 aromatic rings. The van der Waals surface area contributed by atoms with Gasteiger partial charge in [-0.15, -0.1) is 0 Å². The summed E-state index contributed by atoms with van der Waals surface area (Å²) in [6.45, 7) is 0.735. The van der Waals surface area contributed by atoms with Crippen molar-refractivity contribution in [2.75, 3.05) is 42.0 Å². The van der Waals surface area contributed by atoms with Crippen molar-refractivity contribution in [3.8, 4) is 17.2 Å². The lowest BCUT2D eigenvalue weighted by Gasteiger charge is -2.16. The normalized spacial score (nSPS) is 10.9.